The molecule has 7 heteroatoms. The molecule has 0 spiro atoms. The van der Waals surface area contributed by atoms with Gasteiger partial charge in [-0.25, -0.2) is 9.97 Å². The second kappa shape index (κ2) is 8.47. The number of fused-ring (bicyclic) bond motifs is 1. The number of nitrogens with zero attached hydrogens (tertiary/aromatic N) is 5. The SMILES string of the molecule is CCCN1CCN(C(=O)c2sc3ncnc(N(C)c4ccccc4)c3c2C)CC1. The molecule has 0 atom stereocenters. The van der Waals surface area contributed by atoms with E-state index in [4.69, 9.17) is 0 Å². The van der Waals surface area contributed by atoms with Crippen LogP contribution in [0.15, 0.2) is 36.7 Å². The topological polar surface area (TPSA) is 52.6 Å². The monoisotopic (exact) mass is 409 g/mol. The maximum absolute atomic E-state index is 13.3. The summed E-state index contributed by atoms with van der Waals surface area (Å²) >= 11 is 1.48. The molecular formula is C22H27N5OS. The summed E-state index contributed by atoms with van der Waals surface area (Å²) in [6, 6.07) is 10.1. The van der Waals surface area contributed by atoms with Gasteiger partial charge < -0.3 is 9.80 Å². The molecule has 0 N–H and O–H groups in total. The highest BCUT2D eigenvalue weighted by Crippen LogP contribution is 2.37. The average molecular weight is 410 g/mol. The number of thiophene rings is 1. The van der Waals surface area contributed by atoms with Gasteiger partial charge >= 0.3 is 0 Å². The highest BCUT2D eigenvalue weighted by atomic mass is 32.1. The first kappa shape index (κ1) is 19.8. The highest BCUT2D eigenvalue weighted by molar-refractivity contribution is 7.20. The second-order valence-corrected chi connectivity index (χ2v) is 8.46. The molecule has 1 saturated heterocycles. The van der Waals surface area contributed by atoms with Crippen LogP contribution in [0.1, 0.15) is 28.6 Å². The van der Waals surface area contributed by atoms with E-state index in [0.29, 0.717) is 0 Å². The molecule has 0 radical (unpaired) electrons. The molecule has 152 valence electrons. The smallest absolute Gasteiger partial charge is 0.264 e. The Morgan fingerprint density at radius 2 is 1.86 bits per heavy atom. The van der Waals surface area contributed by atoms with Gasteiger partial charge in [0.05, 0.1) is 10.3 Å². The third-order valence-electron chi connectivity index (χ3n) is 5.56. The van der Waals surface area contributed by atoms with Gasteiger partial charge in [-0.15, -0.1) is 11.3 Å². The van der Waals surface area contributed by atoms with Crippen LogP contribution in [0, 0.1) is 6.92 Å². The molecule has 2 aromatic heterocycles. The summed E-state index contributed by atoms with van der Waals surface area (Å²) in [7, 11) is 2.00. The number of aryl methyl sites for hydroxylation is 1. The fraction of sp³-hybridized carbons (Fsp3) is 0.409. The van der Waals surface area contributed by atoms with Gasteiger partial charge in [0, 0.05) is 38.9 Å². The molecular weight excluding hydrogens is 382 g/mol. The van der Waals surface area contributed by atoms with Crippen molar-refractivity contribution in [3.05, 3.63) is 47.1 Å². The van der Waals surface area contributed by atoms with Crippen molar-refractivity contribution >= 4 is 39.0 Å². The number of amides is 1. The Morgan fingerprint density at radius 3 is 2.55 bits per heavy atom. The van der Waals surface area contributed by atoms with Crippen molar-refractivity contribution in [3.63, 3.8) is 0 Å². The third kappa shape index (κ3) is 3.84. The van der Waals surface area contributed by atoms with Gasteiger partial charge in [0.1, 0.15) is 17.0 Å². The number of carbonyl (C=O) groups is 1. The number of hydrogen-bond donors (Lipinski definition) is 0. The number of rotatable bonds is 5. The van der Waals surface area contributed by atoms with E-state index in [9.17, 15) is 4.79 Å². The number of carbonyl (C=O) groups excluding carboxylic acids is 1. The second-order valence-electron chi connectivity index (χ2n) is 7.46. The largest absolute Gasteiger partial charge is 0.335 e. The van der Waals surface area contributed by atoms with E-state index >= 15 is 0 Å². The lowest BCUT2D eigenvalue weighted by atomic mass is 10.1. The standard InChI is InChI=1S/C22H27N5OS/c1-4-10-26-11-13-27(14-12-26)22(28)19-16(2)18-20(23-15-24-21(18)29-19)25(3)17-8-6-5-7-9-17/h5-9,15H,4,10-14H2,1-3H3. The zero-order valence-corrected chi connectivity index (χ0v) is 18.1. The lowest BCUT2D eigenvalue weighted by molar-refractivity contribution is 0.0642. The molecule has 1 aliphatic heterocycles. The molecule has 4 rings (SSSR count). The lowest BCUT2D eigenvalue weighted by Gasteiger charge is -2.34. The van der Waals surface area contributed by atoms with E-state index in [0.717, 1.165) is 71.3 Å². The van der Waals surface area contributed by atoms with Crippen LogP contribution in [0.2, 0.25) is 0 Å². The van der Waals surface area contributed by atoms with Crippen LogP contribution in [0.5, 0.6) is 0 Å². The Labute approximate surface area is 175 Å². The summed E-state index contributed by atoms with van der Waals surface area (Å²) < 4.78 is 0. The Bertz CT molecular complexity index is 995. The van der Waals surface area contributed by atoms with E-state index in [-0.39, 0.29) is 5.91 Å². The molecule has 0 bridgehead atoms. The van der Waals surface area contributed by atoms with E-state index < -0.39 is 0 Å². The first-order chi connectivity index (χ1) is 14.1. The minimum atomic E-state index is 0.120. The molecule has 1 aromatic carbocycles. The van der Waals surface area contributed by atoms with E-state index in [2.05, 4.69) is 38.8 Å². The van der Waals surface area contributed by atoms with E-state index in [1.807, 2.05) is 37.1 Å². The lowest BCUT2D eigenvalue weighted by Crippen LogP contribution is -2.48. The Balaban J connectivity index is 1.64. The Hall–Kier alpha value is -2.51. The third-order valence-corrected chi connectivity index (χ3v) is 6.75. The van der Waals surface area contributed by atoms with Crippen LogP contribution in [-0.4, -0.2) is 65.4 Å². The van der Waals surface area contributed by atoms with Crippen molar-refractivity contribution in [2.24, 2.45) is 0 Å². The first-order valence-electron chi connectivity index (χ1n) is 10.1. The normalized spacial score (nSPS) is 15.1. The van der Waals surface area contributed by atoms with E-state index in [1.54, 1.807) is 6.33 Å². The predicted molar refractivity (Wildman–Crippen MR) is 119 cm³/mol. The van der Waals surface area contributed by atoms with Crippen LogP contribution in [-0.2, 0) is 0 Å². The molecule has 0 saturated carbocycles. The van der Waals surface area contributed by atoms with E-state index in [1.165, 1.54) is 11.3 Å². The molecule has 1 aliphatic rings. The number of anilines is 2. The maximum atomic E-state index is 13.3. The number of benzene rings is 1. The molecule has 3 heterocycles. The summed E-state index contributed by atoms with van der Waals surface area (Å²) in [5.41, 5.74) is 2.03. The molecule has 29 heavy (non-hydrogen) atoms. The van der Waals surface area contributed by atoms with Gasteiger partial charge in [-0.2, -0.15) is 0 Å². The Kier molecular flexibility index (Phi) is 5.78. The van der Waals surface area contributed by atoms with Crippen molar-refractivity contribution in [1.29, 1.82) is 0 Å². The van der Waals surface area contributed by atoms with Crippen LogP contribution in [0.25, 0.3) is 10.2 Å². The molecule has 1 fully saturated rings. The summed E-state index contributed by atoms with van der Waals surface area (Å²) in [6.07, 6.45) is 2.74. The fourth-order valence-electron chi connectivity index (χ4n) is 3.92. The van der Waals surface area contributed by atoms with Crippen molar-refractivity contribution in [3.8, 4) is 0 Å². The zero-order valence-electron chi connectivity index (χ0n) is 17.3. The van der Waals surface area contributed by atoms with Gasteiger partial charge in [0.2, 0.25) is 0 Å². The summed E-state index contributed by atoms with van der Waals surface area (Å²) in [5.74, 6) is 0.955. The summed E-state index contributed by atoms with van der Waals surface area (Å²) in [5, 5.41) is 0.969. The molecule has 3 aromatic rings. The predicted octanol–water partition coefficient (Wildman–Crippen LogP) is 3.94. The summed E-state index contributed by atoms with van der Waals surface area (Å²) in [4.78, 5) is 30.4. The zero-order chi connectivity index (χ0) is 20.4. The van der Waals surface area contributed by atoms with Crippen LogP contribution < -0.4 is 4.90 Å². The minimum absolute atomic E-state index is 0.120. The maximum Gasteiger partial charge on any atom is 0.264 e. The van der Waals surface area contributed by atoms with Crippen molar-refractivity contribution in [2.45, 2.75) is 20.3 Å². The quantitative estimate of drug-likeness (QED) is 0.639. The van der Waals surface area contributed by atoms with Crippen LogP contribution in [0.4, 0.5) is 11.5 Å². The van der Waals surface area contributed by atoms with Crippen molar-refractivity contribution in [2.75, 3.05) is 44.7 Å². The Morgan fingerprint density at radius 1 is 1.14 bits per heavy atom. The summed E-state index contributed by atoms with van der Waals surface area (Å²) in [6.45, 7) is 8.80. The van der Waals surface area contributed by atoms with Gasteiger partial charge in [0.15, 0.2) is 0 Å². The van der Waals surface area contributed by atoms with Crippen molar-refractivity contribution < 1.29 is 4.79 Å². The highest BCUT2D eigenvalue weighted by Gasteiger charge is 2.27. The number of para-hydroxylation sites is 1. The van der Waals surface area contributed by atoms with Gasteiger partial charge in [-0.3, -0.25) is 9.69 Å². The first-order valence-corrected chi connectivity index (χ1v) is 11.0. The van der Waals surface area contributed by atoms with Gasteiger partial charge in [-0.05, 0) is 37.6 Å². The number of hydrogen-bond acceptors (Lipinski definition) is 6. The van der Waals surface area contributed by atoms with Gasteiger partial charge in [0.25, 0.3) is 5.91 Å². The van der Waals surface area contributed by atoms with Crippen LogP contribution >= 0.6 is 11.3 Å². The average Bonchev–Trinajstić information content (AvgIpc) is 3.11. The van der Waals surface area contributed by atoms with Gasteiger partial charge in [-0.1, -0.05) is 25.1 Å². The molecule has 6 nitrogen and oxygen atoms in total. The number of aromatic nitrogens is 2. The van der Waals surface area contributed by atoms with Crippen molar-refractivity contribution in [1.82, 2.24) is 19.8 Å². The molecule has 1 amide bonds. The molecule has 0 unspecified atom stereocenters. The number of piperazine rings is 1. The fourth-order valence-corrected chi connectivity index (χ4v) is 5.03. The van der Waals surface area contributed by atoms with Crippen LogP contribution in [0.3, 0.4) is 0 Å². The minimum Gasteiger partial charge on any atom is -0.335 e. The molecule has 0 aliphatic carbocycles.